The minimum absolute atomic E-state index is 0.0627. The summed E-state index contributed by atoms with van der Waals surface area (Å²) in [5, 5.41) is 0. The van der Waals surface area contributed by atoms with Crippen molar-refractivity contribution >= 4 is 0 Å². The van der Waals surface area contributed by atoms with E-state index in [1.165, 1.54) is 46.0 Å². The van der Waals surface area contributed by atoms with Gasteiger partial charge in [0.05, 0.1) is 0 Å². The number of aromatic nitrogens is 3. The van der Waals surface area contributed by atoms with Crippen molar-refractivity contribution < 1.29 is 0 Å². The topological polar surface area (TPSA) is 66.0 Å². The zero-order valence-electron chi connectivity index (χ0n) is 17.8. The molecule has 0 aliphatic rings. The number of hydrogen-bond donors (Lipinski definition) is 0. The molecule has 3 heterocycles. The molecule has 0 atom stereocenters. The van der Waals surface area contributed by atoms with Gasteiger partial charge in [-0.05, 0) is 24.3 Å². The van der Waals surface area contributed by atoms with E-state index in [-0.39, 0.29) is 5.69 Å². The lowest BCUT2D eigenvalue weighted by Crippen LogP contribution is -2.35. The quantitative estimate of drug-likeness (QED) is 0.612. The SMILES string of the molecule is O=c1ccccccccn1-c1cccccccn(-n2ccccccccc2=O)c1=O. The fraction of sp³-hybridized carbons (Fsp3) is 0. The highest BCUT2D eigenvalue weighted by Gasteiger charge is 2.05. The molecule has 6 nitrogen and oxygen atoms in total. The summed E-state index contributed by atoms with van der Waals surface area (Å²) >= 11 is 0. The molecule has 0 unspecified atom stereocenters. The second kappa shape index (κ2) is 12.2. The van der Waals surface area contributed by atoms with Crippen molar-refractivity contribution in [2.45, 2.75) is 0 Å². The van der Waals surface area contributed by atoms with Gasteiger partial charge in [-0.2, -0.15) is 0 Å². The van der Waals surface area contributed by atoms with Gasteiger partial charge in [0.2, 0.25) is 0 Å². The summed E-state index contributed by atoms with van der Waals surface area (Å²) in [5.74, 6) is 0. The van der Waals surface area contributed by atoms with E-state index in [0.717, 1.165) is 4.68 Å². The van der Waals surface area contributed by atoms with E-state index in [1.807, 2.05) is 6.07 Å². The predicted octanol–water partition coefficient (Wildman–Crippen LogP) is 3.85. The first kappa shape index (κ1) is 23.0. The second-order valence-electron chi connectivity index (χ2n) is 6.64. The van der Waals surface area contributed by atoms with Gasteiger partial charge in [0, 0.05) is 30.7 Å². The fourth-order valence-electron chi connectivity index (χ4n) is 2.82. The smallest absolute Gasteiger partial charge is 0.279 e. The van der Waals surface area contributed by atoms with E-state index in [0.29, 0.717) is 0 Å². The first-order chi connectivity index (χ1) is 16.2. The molecule has 164 valence electrons. The van der Waals surface area contributed by atoms with Gasteiger partial charge >= 0.3 is 0 Å². The molecule has 33 heavy (non-hydrogen) atoms. The van der Waals surface area contributed by atoms with Crippen LogP contribution in [0.5, 0.6) is 0 Å². The Bertz CT molecular complexity index is 1340. The van der Waals surface area contributed by atoms with E-state index in [2.05, 4.69) is 0 Å². The lowest BCUT2D eigenvalue weighted by atomic mass is 10.3. The second-order valence-corrected chi connectivity index (χ2v) is 6.64. The van der Waals surface area contributed by atoms with Gasteiger partial charge in [0.15, 0.2) is 0 Å². The van der Waals surface area contributed by atoms with Gasteiger partial charge in [0.25, 0.3) is 16.7 Å². The monoisotopic (exact) mass is 437 g/mol. The maximum Gasteiger partial charge on any atom is 0.293 e. The highest BCUT2D eigenvalue weighted by molar-refractivity contribution is 5.27. The summed E-state index contributed by atoms with van der Waals surface area (Å²) in [7, 11) is 0. The van der Waals surface area contributed by atoms with Crippen LogP contribution in [0.3, 0.4) is 0 Å². The average molecular weight is 437 g/mol. The Hall–Kier alpha value is -4.71. The Kier molecular flexibility index (Phi) is 8.50. The summed E-state index contributed by atoms with van der Waals surface area (Å²) in [4.78, 5) is 39.5. The highest BCUT2D eigenvalue weighted by atomic mass is 16.2. The van der Waals surface area contributed by atoms with Crippen molar-refractivity contribution in [2.75, 3.05) is 0 Å². The van der Waals surface area contributed by atoms with Gasteiger partial charge < -0.3 is 0 Å². The van der Waals surface area contributed by atoms with Crippen molar-refractivity contribution in [1.82, 2.24) is 13.9 Å². The summed E-state index contributed by atoms with van der Waals surface area (Å²) < 4.78 is 3.59. The van der Waals surface area contributed by atoms with E-state index >= 15 is 0 Å². The fourth-order valence-corrected chi connectivity index (χ4v) is 2.82. The number of rotatable bonds is 2. The van der Waals surface area contributed by atoms with Crippen molar-refractivity contribution in [3.8, 4) is 5.69 Å². The van der Waals surface area contributed by atoms with Crippen molar-refractivity contribution in [1.29, 1.82) is 0 Å². The maximum absolute atomic E-state index is 13.7. The minimum Gasteiger partial charge on any atom is -0.279 e. The Morgan fingerprint density at radius 3 is 1.42 bits per heavy atom. The molecule has 0 radical (unpaired) electrons. The molecule has 3 aromatic heterocycles. The predicted molar refractivity (Wildman–Crippen MR) is 131 cm³/mol. The van der Waals surface area contributed by atoms with Crippen LogP contribution < -0.4 is 16.7 Å². The first-order valence-corrected chi connectivity index (χ1v) is 10.3. The van der Waals surface area contributed by atoms with E-state index in [9.17, 15) is 14.4 Å². The van der Waals surface area contributed by atoms with Crippen LogP contribution in [0, 0.1) is 0 Å². The normalized spacial score (nSPS) is 9.58. The van der Waals surface area contributed by atoms with Crippen molar-refractivity contribution in [2.24, 2.45) is 0 Å². The summed E-state index contributed by atoms with van der Waals surface area (Å²) in [6.07, 6.45) is 4.47. The van der Waals surface area contributed by atoms with E-state index < -0.39 is 16.7 Å². The van der Waals surface area contributed by atoms with E-state index in [4.69, 9.17) is 0 Å². The Morgan fingerprint density at radius 1 is 0.394 bits per heavy atom. The molecule has 0 saturated heterocycles. The molecule has 3 rings (SSSR count). The molecule has 0 aliphatic carbocycles. The van der Waals surface area contributed by atoms with Crippen molar-refractivity contribution in [3.63, 3.8) is 0 Å². The number of nitrogens with zero attached hydrogens (tertiary/aromatic N) is 3. The molecule has 0 spiro atoms. The Balaban J connectivity index is 2.50. The van der Waals surface area contributed by atoms with Crippen LogP contribution in [0.1, 0.15) is 0 Å². The minimum atomic E-state index is -0.572. The zero-order valence-corrected chi connectivity index (χ0v) is 17.8. The molecule has 3 aromatic rings. The van der Waals surface area contributed by atoms with Gasteiger partial charge in [0.1, 0.15) is 5.69 Å². The van der Waals surface area contributed by atoms with Crippen molar-refractivity contribution in [3.05, 3.63) is 171 Å². The molecule has 0 bridgehead atoms. The van der Waals surface area contributed by atoms with Gasteiger partial charge in [-0.3, -0.25) is 19.0 Å². The standard InChI is InChI=1S/C27H23N3O3/c31-25-19-13-7-1-3-9-15-21-28(25)24-18-12-6-5-11-17-23-30(27(24)33)29-22-16-10-4-2-8-14-20-26(29)32/h1-23H. The molecule has 0 aromatic carbocycles. The molecular weight excluding hydrogens is 414 g/mol. The lowest BCUT2D eigenvalue weighted by Gasteiger charge is -2.08. The molecule has 0 saturated carbocycles. The average Bonchev–Trinajstić information content (AvgIpc) is 2.82. The van der Waals surface area contributed by atoms with Crippen LogP contribution in [-0.4, -0.2) is 13.9 Å². The first-order valence-electron chi connectivity index (χ1n) is 10.3. The Morgan fingerprint density at radius 2 is 0.818 bits per heavy atom. The highest BCUT2D eigenvalue weighted by Crippen LogP contribution is 1.95. The third-order valence-electron chi connectivity index (χ3n) is 4.36. The summed E-state index contributed by atoms with van der Waals surface area (Å²) in [6.45, 7) is 0. The number of hydrogen-bond acceptors (Lipinski definition) is 3. The molecule has 0 N–H and O–H groups in total. The molecular formula is C27H23N3O3. The van der Waals surface area contributed by atoms with Crippen LogP contribution in [0.2, 0.25) is 0 Å². The van der Waals surface area contributed by atoms with Crippen LogP contribution in [0.15, 0.2) is 154 Å². The molecule has 0 amide bonds. The molecule has 0 aliphatic heterocycles. The Labute approximate surface area is 190 Å². The maximum atomic E-state index is 13.7. The molecule has 0 fully saturated rings. The van der Waals surface area contributed by atoms with Gasteiger partial charge in [-0.25, -0.2) is 9.35 Å². The van der Waals surface area contributed by atoms with Crippen LogP contribution in [0.25, 0.3) is 5.69 Å². The summed E-state index contributed by atoms with van der Waals surface area (Å²) in [5.41, 5.74) is -1.35. The largest absolute Gasteiger partial charge is 0.293 e. The third kappa shape index (κ3) is 6.63. The molecule has 6 heteroatoms. The van der Waals surface area contributed by atoms with Crippen LogP contribution in [0.4, 0.5) is 0 Å². The lowest BCUT2D eigenvalue weighted by molar-refractivity contribution is 0.606. The van der Waals surface area contributed by atoms with Gasteiger partial charge in [-0.15, -0.1) is 0 Å². The van der Waals surface area contributed by atoms with Gasteiger partial charge in [-0.1, -0.05) is 84.9 Å². The zero-order chi connectivity index (χ0) is 23.3. The van der Waals surface area contributed by atoms with Crippen LogP contribution in [-0.2, 0) is 0 Å². The van der Waals surface area contributed by atoms with Crippen LogP contribution >= 0.6 is 0 Å². The summed E-state index contributed by atoms with van der Waals surface area (Å²) in [6, 6.07) is 33.4. The third-order valence-corrected chi connectivity index (χ3v) is 4.36. The van der Waals surface area contributed by atoms with E-state index in [1.54, 1.807) is 97.1 Å².